The second-order valence-corrected chi connectivity index (χ2v) is 10.4. The molecule has 3 nitrogen and oxygen atoms in total. The van der Waals surface area contributed by atoms with Gasteiger partial charge in [0.1, 0.15) is 5.75 Å². The number of unbranched alkanes of at least 4 members (excludes halogenated alkanes) is 2. The lowest BCUT2D eigenvalue weighted by Gasteiger charge is -2.31. The maximum absolute atomic E-state index is 10.8. The molecule has 0 spiro atoms. The van der Waals surface area contributed by atoms with Crippen LogP contribution in [0.1, 0.15) is 98.3 Å². The molecule has 1 aromatic rings. The molecule has 1 aromatic carbocycles. The van der Waals surface area contributed by atoms with Gasteiger partial charge in [0.05, 0.1) is 6.61 Å². The van der Waals surface area contributed by atoms with Crippen LogP contribution in [0.2, 0.25) is 0 Å². The molecule has 0 aromatic heterocycles. The van der Waals surface area contributed by atoms with Crippen molar-refractivity contribution in [2.45, 2.75) is 92.4 Å². The van der Waals surface area contributed by atoms with E-state index >= 15 is 0 Å². The van der Waals surface area contributed by atoms with Crippen molar-refractivity contribution in [3.63, 3.8) is 0 Å². The predicted molar refractivity (Wildman–Crippen MR) is 133 cm³/mol. The summed E-state index contributed by atoms with van der Waals surface area (Å²) in [5, 5.41) is 8.86. The van der Waals surface area contributed by atoms with E-state index in [0.29, 0.717) is 5.57 Å². The molecule has 1 rings (SSSR count). The van der Waals surface area contributed by atoms with Crippen molar-refractivity contribution in [1.82, 2.24) is 0 Å². The molecule has 0 saturated heterocycles. The van der Waals surface area contributed by atoms with Gasteiger partial charge in [-0.05, 0) is 59.9 Å². The fourth-order valence-electron chi connectivity index (χ4n) is 3.34. The van der Waals surface area contributed by atoms with Gasteiger partial charge >= 0.3 is 5.97 Å². The highest BCUT2D eigenvalue weighted by atomic mass is 16.5. The topological polar surface area (TPSA) is 46.5 Å². The van der Waals surface area contributed by atoms with Gasteiger partial charge < -0.3 is 9.84 Å². The van der Waals surface area contributed by atoms with E-state index in [1.807, 2.05) is 18.2 Å². The van der Waals surface area contributed by atoms with Gasteiger partial charge in [0.15, 0.2) is 0 Å². The summed E-state index contributed by atoms with van der Waals surface area (Å²) in [5.41, 5.74) is 5.36. The lowest BCUT2D eigenvalue weighted by atomic mass is 9.77. The number of rotatable bonds is 9. The number of carboxylic acid groups (broad SMARTS) is 1. The molecule has 0 heterocycles. The summed E-state index contributed by atoms with van der Waals surface area (Å²) in [7, 11) is 0. The highest BCUT2D eigenvalue weighted by Crippen LogP contribution is 2.42. The van der Waals surface area contributed by atoms with E-state index in [0.717, 1.165) is 24.4 Å². The van der Waals surface area contributed by atoms with Gasteiger partial charge in [0.2, 0.25) is 0 Å². The van der Waals surface area contributed by atoms with Gasteiger partial charge in [-0.15, -0.1) is 0 Å². The summed E-state index contributed by atoms with van der Waals surface area (Å²) in [6.45, 7) is 20.2. The summed E-state index contributed by atoms with van der Waals surface area (Å²) in [6, 6.07) is 4.51. The van der Waals surface area contributed by atoms with E-state index in [4.69, 9.17) is 9.84 Å². The van der Waals surface area contributed by atoms with Gasteiger partial charge in [0.25, 0.3) is 0 Å². The molecule has 1 N–H and O–H groups in total. The highest BCUT2D eigenvalue weighted by molar-refractivity contribution is 5.81. The van der Waals surface area contributed by atoms with E-state index in [-0.39, 0.29) is 10.8 Å². The molecule has 0 unspecified atom stereocenters. The summed E-state index contributed by atoms with van der Waals surface area (Å²) in [6.07, 6.45) is 10.4. The summed E-state index contributed by atoms with van der Waals surface area (Å²) < 4.78 is 6.41. The minimum Gasteiger partial charge on any atom is -0.493 e. The van der Waals surface area contributed by atoms with Crippen LogP contribution < -0.4 is 4.74 Å². The highest BCUT2D eigenvalue weighted by Gasteiger charge is 2.28. The van der Waals surface area contributed by atoms with Crippen molar-refractivity contribution in [3.05, 3.63) is 58.7 Å². The molecule has 0 radical (unpaired) electrons. The van der Waals surface area contributed by atoms with Crippen molar-refractivity contribution in [3.8, 4) is 5.75 Å². The van der Waals surface area contributed by atoms with E-state index < -0.39 is 5.97 Å². The van der Waals surface area contributed by atoms with Crippen LogP contribution in [0.4, 0.5) is 0 Å². The van der Waals surface area contributed by atoms with Crippen molar-refractivity contribution < 1.29 is 14.6 Å². The van der Waals surface area contributed by atoms with E-state index in [1.54, 1.807) is 6.92 Å². The largest absolute Gasteiger partial charge is 0.493 e. The fraction of sp³-hybridized carbons (Fsp3) is 0.536. The van der Waals surface area contributed by atoms with Crippen molar-refractivity contribution >= 4 is 11.5 Å². The Hall–Kier alpha value is -2.29. The molecule has 0 saturated carbocycles. The Kier molecular flexibility index (Phi) is 9.80. The number of aliphatic carboxylic acids is 1. The standard InChI is InChI=1S/C28H42O3/c1-10-11-12-16-31-26-23(27(4,5)6)18-22(19-24(26)28(7,8)9)21(3)15-13-14-20(2)17-25(29)30/h13-15,17-19H,10-12,16H2,1-9H3,(H,29,30)/b14-13+,20-17+,21-15+. The molecular formula is C28H42O3. The molecule has 0 atom stereocenters. The first-order chi connectivity index (χ1) is 14.3. The fourth-order valence-corrected chi connectivity index (χ4v) is 3.34. The quantitative estimate of drug-likeness (QED) is 0.248. The van der Waals surface area contributed by atoms with Crippen LogP contribution >= 0.6 is 0 Å². The third-order valence-electron chi connectivity index (χ3n) is 5.21. The lowest BCUT2D eigenvalue weighted by Crippen LogP contribution is -2.20. The third kappa shape index (κ3) is 8.77. The van der Waals surface area contributed by atoms with Crippen LogP contribution in [-0.4, -0.2) is 17.7 Å². The van der Waals surface area contributed by atoms with Gasteiger partial charge in [0, 0.05) is 17.2 Å². The average molecular weight is 427 g/mol. The summed E-state index contributed by atoms with van der Waals surface area (Å²) in [4.78, 5) is 10.8. The molecule has 0 aliphatic rings. The number of benzene rings is 1. The van der Waals surface area contributed by atoms with Gasteiger partial charge in [-0.3, -0.25) is 0 Å². The molecule has 0 aliphatic carbocycles. The van der Waals surface area contributed by atoms with Crippen molar-refractivity contribution in [1.29, 1.82) is 0 Å². The molecule has 172 valence electrons. The van der Waals surface area contributed by atoms with Crippen LogP contribution in [0.5, 0.6) is 5.75 Å². The zero-order valence-corrected chi connectivity index (χ0v) is 21.1. The van der Waals surface area contributed by atoms with Crippen LogP contribution in [0.25, 0.3) is 5.57 Å². The number of hydrogen-bond donors (Lipinski definition) is 1. The second-order valence-electron chi connectivity index (χ2n) is 10.4. The number of carbonyl (C=O) groups is 1. The molecule has 3 heteroatoms. The van der Waals surface area contributed by atoms with Crippen LogP contribution in [0, 0.1) is 0 Å². The van der Waals surface area contributed by atoms with E-state index in [2.05, 4.69) is 67.5 Å². The third-order valence-corrected chi connectivity index (χ3v) is 5.21. The first-order valence-corrected chi connectivity index (χ1v) is 11.4. The number of hydrogen-bond acceptors (Lipinski definition) is 2. The van der Waals surface area contributed by atoms with Crippen LogP contribution in [-0.2, 0) is 15.6 Å². The summed E-state index contributed by atoms with van der Waals surface area (Å²) in [5.74, 6) is 0.102. The summed E-state index contributed by atoms with van der Waals surface area (Å²) >= 11 is 0. The molecule has 31 heavy (non-hydrogen) atoms. The monoisotopic (exact) mass is 426 g/mol. The second kappa shape index (κ2) is 11.4. The number of carboxylic acids is 1. The zero-order valence-electron chi connectivity index (χ0n) is 21.1. The maximum Gasteiger partial charge on any atom is 0.328 e. The molecule has 0 aliphatic heterocycles. The van der Waals surface area contributed by atoms with Crippen molar-refractivity contribution in [2.24, 2.45) is 0 Å². The lowest BCUT2D eigenvalue weighted by molar-refractivity contribution is -0.131. The average Bonchev–Trinajstić information content (AvgIpc) is 2.62. The Bertz CT molecular complexity index is 805. The normalized spacial score (nSPS) is 13.7. The minimum atomic E-state index is -0.929. The Labute approximate surface area is 189 Å². The Balaban J connectivity index is 3.48. The number of ether oxygens (including phenoxy) is 1. The molecular weight excluding hydrogens is 384 g/mol. The maximum atomic E-state index is 10.8. The van der Waals surface area contributed by atoms with Crippen LogP contribution in [0.3, 0.4) is 0 Å². The predicted octanol–water partition coefficient (Wildman–Crippen LogP) is 7.84. The molecule has 0 bridgehead atoms. The van der Waals surface area contributed by atoms with E-state index in [9.17, 15) is 4.79 Å². The van der Waals surface area contributed by atoms with Gasteiger partial charge in [-0.25, -0.2) is 4.79 Å². The molecule has 0 amide bonds. The zero-order chi connectivity index (χ0) is 23.8. The van der Waals surface area contributed by atoms with Gasteiger partial charge in [-0.1, -0.05) is 79.5 Å². The Morgan fingerprint density at radius 1 is 1.00 bits per heavy atom. The van der Waals surface area contributed by atoms with Gasteiger partial charge in [-0.2, -0.15) is 0 Å². The molecule has 0 fully saturated rings. The SMILES string of the molecule is CCCCCOc1c(C(C)(C)C)cc(/C(C)=C/C=C/C(C)=C/C(=O)O)cc1C(C)(C)C. The van der Waals surface area contributed by atoms with Crippen molar-refractivity contribution in [2.75, 3.05) is 6.61 Å². The Morgan fingerprint density at radius 2 is 1.55 bits per heavy atom. The first-order valence-electron chi connectivity index (χ1n) is 11.4. The first kappa shape index (κ1) is 26.7. The number of allylic oxidation sites excluding steroid dienone is 5. The minimum absolute atomic E-state index is 0.0486. The Morgan fingerprint density at radius 3 is 2.00 bits per heavy atom. The van der Waals surface area contributed by atoms with E-state index in [1.165, 1.54) is 35.6 Å². The van der Waals surface area contributed by atoms with Crippen LogP contribution in [0.15, 0.2) is 42.0 Å². The smallest absolute Gasteiger partial charge is 0.328 e.